The number of hydrogen-bond donors (Lipinski definition) is 2. The number of rotatable bonds is 3. The third kappa shape index (κ3) is 3.00. The number of aromatic nitrogens is 1. The molecule has 0 aliphatic heterocycles. The first kappa shape index (κ1) is 14.1. The predicted molar refractivity (Wildman–Crippen MR) is 73.2 cm³/mol. The summed E-state index contributed by atoms with van der Waals surface area (Å²) in [4.78, 5) is 26.3. The van der Waals surface area contributed by atoms with Gasteiger partial charge in [0.2, 0.25) is 0 Å². The van der Waals surface area contributed by atoms with Crippen LogP contribution in [0.15, 0.2) is 41.0 Å². The van der Waals surface area contributed by atoms with Crippen molar-refractivity contribution in [1.29, 1.82) is 0 Å². The maximum absolute atomic E-state index is 13.7. The SMILES string of the molecule is O=C(O)c1ccc(NC(=O)c2cccc(Br)c2F)nc1. The number of carbonyl (C=O) groups excluding carboxylic acids is 1. The fraction of sp³-hybridized carbons (Fsp3) is 0. The Morgan fingerprint density at radius 3 is 2.60 bits per heavy atom. The van der Waals surface area contributed by atoms with Crippen molar-refractivity contribution in [3.63, 3.8) is 0 Å². The highest BCUT2D eigenvalue weighted by Gasteiger charge is 2.14. The maximum atomic E-state index is 13.7. The number of halogens is 2. The highest BCUT2D eigenvalue weighted by molar-refractivity contribution is 9.10. The molecule has 2 rings (SSSR count). The minimum absolute atomic E-state index is 0.00312. The zero-order valence-electron chi connectivity index (χ0n) is 9.93. The molecule has 2 N–H and O–H groups in total. The summed E-state index contributed by atoms with van der Waals surface area (Å²) in [6, 6.07) is 6.97. The number of nitrogens with zero attached hydrogens (tertiary/aromatic N) is 1. The summed E-state index contributed by atoms with van der Waals surface area (Å²) >= 11 is 2.99. The van der Waals surface area contributed by atoms with Gasteiger partial charge in [-0.1, -0.05) is 6.07 Å². The normalized spacial score (nSPS) is 10.1. The Morgan fingerprint density at radius 1 is 1.25 bits per heavy atom. The number of anilines is 1. The number of aromatic carboxylic acids is 1. The molecule has 1 aromatic heterocycles. The summed E-state index contributed by atoms with van der Waals surface area (Å²) in [5.74, 6) is -2.32. The van der Waals surface area contributed by atoms with E-state index in [-0.39, 0.29) is 21.4 Å². The first-order valence-corrected chi connectivity index (χ1v) is 6.23. The Kier molecular flexibility index (Phi) is 4.09. The van der Waals surface area contributed by atoms with Gasteiger partial charge in [-0.15, -0.1) is 0 Å². The quantitative estimate of drug-likeness (QED) is 0.901. The van der Waals surface area contributed by atoms with E-state index in [1.54, 1.807) is 0 Å². The fourth-order valence-electron chi connectivity index (χ4n) is 1.46. The molecule has 0 aliphatic carbocycles. The van der Waals surface area contributed by atoms with Gasteiger partial charge in [0.25, 0.3) is 5.91 Å². The van der Waals surface area contributed by atoms with Gasteiger partial charge in [-0.25, -0.2) is 14.2 Å². The lowest BCUT2D eigenvalue weighted by molar-refractivity contribution is 0.0696. The van der Waals surface area contributed by atoms with Crippen LogP contribution in [0.1, 0.15) is 20.7 Å². The first-order chi connectivity index (χ1) is 9.49. The van der Waals surface area contributed by atoms with E-state index in [2.05, 4.69) is 26.2 Å². The van der Waals surface area contributed by atoms with Crippen molar-refractivity contribution in [2.45, 2.75) is 0 Å². The molecular formula is C13H8BrFN2O3. The van der Waals surface area contributed by atoms with Gasteiger partial charge in [-0.05, 0) is 40.2 Å². The molecule has 1 aromatic carbocycles. The van der Waals surface area contributed by atoms with E-state index in [0.29, 0.717) is 0 Å². The molecule has 0 aliphatic rings. The Hall–Kier alpha value is -2.28. The molecule has 0 spiro atoms. The van der Waals surface area contributed by atoms with Crippen LogP contribution in [0.5, 0.6) is 0 Å². The van der Waals surface area contributed by atoms with Crippen LogP contribution in [-0.2, 0) is 0 Å². The van der Waals surface area contributed by atoms with Crippen molar-refractivity contribution in [2.24, 2.45) is 0 Å². The standard InChI is InChI=1S/C13H8BrFN2O3/c14-9-3-1-2-8(11(9)15)12(18)17-10-5-4-7(6-16-10)13(19)20/h1-6H,(H,19,20)(H,16,17,18). The second kappa shape index (κ2) is 5.79. The Morgan fingerprint density at radius 2 is 2.00 bits per heavy atom. The van der Waals surface area contributed by atoms with Crippen LogP contribution in [-0.4, -0.2) is 22.0 Å². The third-order valence-corrected chi connectivity index (χ3v) is 3.06. The smallest absolute Gasteiger partial charge is 0.337 e. The van der Waals surface area contributed by atoms with Crippen molar-refractivity contribution in [2.75, 3.05) is 5.32 Å². The number of pyridine rings is 1. The minimum Gasteiger partial charge on any atom is -0.478 e. The molecule has 1 amide bonds. The van der Waals surface area contributed by atoms with E-state index in [4.69, 9.17) is 5.11 Å². The van der Waals surface area contributed by atoms with Crippen LogP contribution in [0.3, 0.4) is 0 Å². The molecular weight excluding hydrogens is 331 g/mol. The molecule has 0 fully saturated rings. The van der Waals surface area contributed by atoms with Crippen molar-refractivity contribution in [3.05, 3.63) is 57.9 Å². The van der Waals surface area contributed by atoms with Crippen molar-refractivity contribution >= 4 is 33.6 Å². The first-order valence-electron chi connectivity index (χ1n) is 5.44. The average molecular weight is 339 g/mol. The molecule has 5 nitrogen and oxygen atoms in total. The van der Waals surface area contributed by atoms with E-state index in [1.165, 1.54) is 30.3 Å². The minimum atomic E-state index is -1.12. The van der Waals surface area contributed by atoms with E-state index in [1.807, 2.05) is 0 Å². The van der Waals surface area contributed by atoms with Gasteiger partial charge in [0, 0.05) is 6.20 Å². The topological polar surface area (TPSA) is 79.3 Å². The molecule has 7 heteroatoms. The number of carboxylic acids is 1. The highest BCUT2D eigenvalue weighted by atomic mass is 79.9. The van der Waals surface area contributed by atoms with Crippen molar-refractivity contribution < 1.29 is 19.1 Å². The summed E-state index contributed by atoms with van der Waals surface area (Å²) in [6.45, 7) is 0. The average Bonchev–Trinajstić information content (AvgIpc) is 2.42. The second-order valence-electron chi connectivity index (χ2n) is 3.79. The van der Waals surface area contributed by atoms with Gasteiger partial charge in [0.1, 0.15) is 11.6 Å². The largest absolute Gasteiger partial charge is 0.478 e. The number of carboxylic acid groups (broad SMARTS) is 1. The van der Waals surface area contributed by atoms with Gasteiger partial charge in [-0.2, -0.15) is 0 Å². The number of amides is 1. The highest BCUT2D eigenvalue weighted by Crippen LogP contribution is 2.19. The maximum Gasteiger partial charge on any atom is 0.337 e. The lowest BCUT2D eigenvalue weighted by Gasteiger charge is -2.06. The van der Waals surface area contributed by atoms with Gasteiger partial charge in [0.05, 0.1) is 15.6 Å². The molecule has 20 heavy (non-hydrogen) atoms. The van der Waals surface area contributed by atoms with Gasteiger partial charge < -0.3 is 10.4 Å². The van der Waals surface area contributed by atoms with Crippen LogP contribution in [0.4, 0.5) is 10.2 Å². The molecule has 0 radical (unpaired) electrons. The summed E-state index contributed by atoms with van der Waals surface area (Å²) in [7, 11) is 0. The lowest BCUT2D eigenvalue weighted by Crippen LogP contribution is -2.15. The summed E-state index contributed by atoms with van der Waals surface area (Å²) in [5, 5.41) is 11.1. The summed E-state index contributed by atoms with van der Waals surface area (Å²) in [5.41, 5.74) is -0.139. The Labute approximate surface area is 121 Å². The van der Waals surface area contributed by atoms with E-state index >= 15 is 0 Å². The van der Waals surface area contributed by atoms with Crippen LogP contribution in [0.25, 0.3) is 0 Å². The third-order valence-electron chi connectivity index (χ3n) is 2.45. The monoisotopic (exact) mass is 338 g/mol. The van der Waals surface area contributed by atoms with Gasteiger partial charge >= 0.3 is 5.97 Å². The Bertz CT molecular complexity index is 674. The lowest BCUT2D eigenvalue weighted by atomic mass is 10.2. The second-order valence-corrected chi connectivity index (χ2v) is 4.65. The van der Waals surface area contributed by atoms with Crippen LogP contribution in [0, 0.1) is 5.82 Å². The molecule has 0 atom stereocenters. The van der Waals surface area contributed by atoms with Crippen LogP contribution < -0.4 is 5.32 Å². The van der Waals surface area contributed by atoms with Crippen molar-refractivity contribution in [1.82, 2.24) is 4.98 Å². The van der Waals surface area contributed by atoms with Gasteiger partial charge in [-0.3, -0.25) is 4.79 Å². The molecule has 0 bridgehead atoms. The van der Waals surface area contributed by atoms with Crippen LogP contribution in [0.2, 0.25) is 0 Å². The molecule has 0 saturated heterocycles. The van der Waals surface area contributed by atoms with Crippen molar-refractivity contribution in [3.8, 4) is 0 Å². The molecule has 2 aromatic rings. The zero-order valence-corrected chi connectivity index (χ0v) is 11.5. The zero-order chi connectivity index (χ0) is 14.7. The summed E-state index contributed by atoms with van der Waals surface area (Å²) < 4.78 is 13.9. The number of hydrogen-bond acceptors (Lipinski definition) is 3. The number of nitrogens with one attached hydrogen (secondary N) is 1. The molecule has 102 valence electrons. The van der Waals surface area contributed by atoms with E-state index in [9.17, 15) is 14.0 Å². The number of carbonyl (C=O) groups is 2. The Balaban J connectivity index is 2.19. The molecule has 0 unspecified atom stereocenters. The number of benzene rings is 1. The van der Waals surface area contributed by atoms with E-state index in [0.717, 1.165) is 6.20 Å². The summed E-state index contributed by atoms with van der Waals surface area (Å²) in [6.07, 6.45) is 1.11. The predicted octanol–water partition coefficient (Wildman–Crippen LogP) is 2.93. The molecule has 1 heterocycles. The van der Waals surface area contributed by atoms with E-state index < -0.39 is 17.7 Å². The fourth-order valence-corrected chi connectivity index (χ4v) is 1.82. The van der Waals surface area contributed by atoms with Gasteiger partial charge in [0.15, 0.2) is 0 Å². The molecule has 0 saturated carbocycles. The van der Waals surface area contributed by atoms with Crippen LogP contribution >= 0.6 is 15.9 Å².